The molecule has 0 saturated carbocycles. The summed E-state index contributed by atoms with van der Waals surface area (Å²) in [7, 11) is -0.909. The van der Waals surface area contributed by atoms with Crippen molar-refractivity contribution in [1.29, 1.82) is 0 Å². The van der Waals surface area contributed by atoms with Gasteiger partial charge in [0.25, 0.3) is 10.2 Å². The van der Waals surface area contributed by atoms with E-state index in [1.807, 2.05) is 0 Å². The Morgan fingerprint density at radius 2 is 2.30 bits per heavy atom. The number of aryl methyl sites for hydroxylation is 1. The molecule has 0 unspecified atom stereocenters. The van der Waals surface area contributed by atoms with Crippen LogP contribution in [-0.2, 0) is 26.2 Å². The van der Waals surface area contributed by atoms with Crippen molar-refractivity contribution in [3.05, 3.63) is 12.2 Å². The number of aromatic amines is 1. The third-order valence-electron chi connectivity index (χ3n) is 2.61. The second kappa shape index (κ2) is 7.92. The molecule has 0 saturated heterocycles. The zero-order valence-electron chi connectivity index (χ0n) is 11.5. The van der Waals surface area contributed by atoms with E-state index in [2.05, 4.69) is 24.6 Å². The maximum atomic E-state index is 11.8. The Balaban J connectivity index is 2.27. The van der Waals surface area contributed by atoms with Gasteiger partial charge < -0.3 is 4.74 Å². The molecule has 0 aliphatic heterocycles. The maximum absolute atomic E-state index is 11.8. The van der Waals surface area contributed by atoms with E-state index in [4.69, 9.17) is 0 Å². The highest BCUT2D eigenvalue weighted by Crippen LogP contribution is 1.98. The van der Waals surface area contributed by atoms with Gasteiger partial charge in [-0.05, 0) is 6.42 Å². The van der Waals surface area contributed by atoms with Crippen LogP contribution in [0, 0.1) is 0 Å². The van der Waals surface area contributed by atoms with Gasteiger partial charge in [0, 0.05) is 26.6 Å². The first-order valence-electron chi connectivity index (χ1n) is 6.07. The summed E-state index contributed by atoms with van der Waals surface area (Å²) in [6, 6.07) is 0. The van der Waals surface area contributed by atoms with E-state index in [-0.39, 0.29) is 19.5 Å². The van der Waals surface area contributed by atoms with Gasteiger partial charge in [-0.25, -0.2) is 9.71 Å². The molecule has 20 heavy (non-hydrogen) atoms. The zero-order chi connectivity index (χ0) is 15.0. The van der Waals surface area contributed by atoms with Crippen LogP contribution < -0.4 is 4.72 Å². The van der Waals surface area contributed by atoms with E-state index in [0.29, 0.717) is 18.7 Å². The third-order valence-corrected chi connectivity index (χ3v) is 4.18. The van der Waals surface area contributed by atoms with Crippen molar-refractivity contribution in [1.82, 2.24) is 24.2 Å². The molecule has 1 heterocycles. The minimum Gasteiger partial charge on any atom is -0.469 e. The van der Waals surface area contributed by atoms with Crippen molar-refractivity contribution in [2.75, 3.05) is 27.2 Å². The summed E-state index contributed by atoms with van der Waals surface area (Å²) >= 11 is 0. The molecule has 0 atom stereocenters. The van der Waals surface area contributed by atoms with Crippen molar-refractivity contribution in [2.24, 2.45) is 0 Å². The van der Waals surface area contributed by atoms with E-state index >= 15 is 0 Å². The second-order valence-electron chi connectivity index (χ2n) is 4.08. The molecule has 0 spiro atoms. The van der Waals surface area contributed by atoms with Crippen molar-refractivity contribution in [3.63, 3.8) is 0 Å². The van der Waals surface area contributed by atoms with Crippen LogP contribution in [0.1, 0.15) is 18.7 Å². The Morgan fingerprint density at radius 1 is 1.55 bits per heavy atom. The van der Waals surface area contributed by atoms with E-state index < -0.39 is 16.2 Å². The first-order valence-corrected chi connectivity index (χ1v) is 7.51. The summed E-state index contributed by atoms with van der Waals surface area (Å²) in [5.74, 6) is 0.264. The average molecular weight is 305 g/mol. The Bertz CT molecular complexity index is 502. The molecule has 0 amide bonds. The fourth-order valence-electron chi connectivity index (χ4n) is 1.39. The van der Waals surface area contributed by atoms with Crippen molar-refractivity contribution in [2.45, 2.75) is 19.3 Å². The fraction of sp³-hybridized carbons (Fsp3) is 0.700. The molecule has 0 radical (unpaired) electrons. The molecule has 0 bridgehead atoms. The minimum absolute atomic E-state index is 0.0198. The van der Waals surface area contributed by atoms with Crippen molar-refractivity contribution < 1.29 is 17.9 Å². The van der Waals surface area contributed by atoms with Gasteiger partial charge in [-0.1, -0.05) is 0 Å². The summed E-state index contributed by atoms with van der Waals surface area (Å²) in [5.41, 5.74) is 0. The summed E-state index contributed by atoms with van der Waals surface area (Å²) in [6.45, 7) is 0.357. The third kappa shape index (κ3) is 5.63. The minimum atomic E-state index is -3.58. The number of H-pyrrole nitrogens is 1. The summed E-state index contributed by atoms with van der Waals surface area (Å²) < 4.78 is 31.6. The lowest BCUT2D eigenvalue weighted by Gasteiger charge is -2.16. The number of esters is 1. The summed E-state index contributed by atoms with van der Waals surface area (Å²) in [4.78, 5) is 14.9. The van der Waals surface area contributed by atoms with E-state index in [9.17, 15) is 13.2 Å². The van der Waals surface area contributed by atoms with Gasteiger partial charge >= 0.3 is 5.97 Å². The van der Waals surface area contributed by atoms with Gasteiger partial charge in [0.2, 0.25) is 0 Å². The number of rotatable bonds is 9. The topological polar surface area (TPSA) is 117 Å². The number of carbonyl (C=O) groups excluding carboxylic acids is 1. The largest absolute Gasteiger partial charge is 0.469 e. The lowest BCUT2D eigenvalue weighted by molar-refractivity contribution is -0.140. The van der Waals surface area contributed by atoms with Gasteiger partial charge in [-0.2, -0.15) is 17.8 Å². The molecule has 10 heteroatoms. The van der Waals surface area contributed by atoms with Crippen LogP contribution in [0.4, 0.5) is 0 Å². The first-order chi connectivity index (χ1) is 9.45. The van der Waals surface area contributed by atoms with Gasteiger partial charge in [0.1, 0.15) is 12.2 Å². The monoisotopic (exact) mass is 305 g/mol. The zero-order valence-corrected chi connectivity index (χ0v) is 12.3. The van der Waals surface area contributed by atoms with Crippen LogP contribution in [-0.4, -0.2) is 61.1 Å². The molecule has 114 valence electrons. The summed E-state index contributed by atoms with van der Waals surface area (Å²) in [6.07, 6.45) is 2.62. The Kier molecular flexibility index (Phi) is 6.55. The first kappa shape index (κ1) is 16.5. The number of nitrogens with one attached hydrogen (secondary N) is 2. The molecular weight excluding hydrogens is 286 g/mol. The van der Waals surface area contributed by atoms with Crippen LogP contribution in [0.2, 0.25) is 0 Å². The number of nitrogens with zero attached hydrogens (tertiary/aromatic N) is 3. The van der Waals surface area contributed by atoms with Crippen molar-refractivity contribution in [3.8, 4) is 0 Å². The molecule has 1 aromatic heterocycles. The predicted octanol–water partition coefficient (Wildman–Crippen LogP) is -0.933. The molecule has 0 fully saturated rings. The van der Waals surface area contributed by atoms with E-state index in [0.717, 1.165) is 4.31 Å². The molecular formula is C10H19N5O4S. The highest BCUT2D eigenvalue weighted by atomic mass is 32.2. The molecule has 0 aromatic carbocycles. The Morgan fingerprint density at radius 3 is 2.90 bits per heavy atom. The fourth-order valence-corrected chi connectivity index (χ4v) is 2.34. The van der Waals surface area contributed by atoms with E-state index in [1.165, 1.54) is 20.5 Å². The average Bonchev–Trinajstić information content (AvgIpc) is 2.93. The van der Waals surface area contributed by atoms with E-state index in [1.54, 1.807) is 0 Å². The van der Waals surface area contributed by atoms with Crippen LogP contribution >= 0.6 is 0 Å². The molecule has 1 rings (SSSR count). The lowest BCUT2D eigenvalue weighted by atomic mass is 10.3. The van der Waals surface area contributed by atoms with Crippen LogP contribution in [0.3, 0.4) is 0 Å². The van der Waals surface area contributed by atoms with Crippen LogP contribution in [0.25, 0.3) is 0 Å². The number of carbonyl (C=O) groups is 1. The molecule has 9 nitrogen and oxygen atoms in total. The Hall–Kier alpha value is -1.52. The highest BCUT2D eigenvalue weighted by molar-refractivity contribution is 7.87. The summed E-state index contributed by atoms with van der Waals surface area (Å²) in [5, 5.41) is 6.40. The van der Waals surface area contributed by atoms with Crippen LogP contribution in [0.15, 0.2) is 6.33 Å². The van der Waals surface area contributed by atoms with Crippen molar-refractivity contribution >= 4 is 16.2 Å². The number of ether oxygens (including phenoxy) is 1. The SMILES string of the molecule is COC(=O)CCN(C)S(=O)(=O)NCCCc1ncn[nH]1. The predicted molar refractivity (Wildman–Crippen MR) is 70.9 cm³/mol. The van der Waals surface area contributed by atoms with Gasteiger partial charge in [-0.3, -0.25) is 9.89 Å². The normalized spacial score (nSPS) is 11.8. The second-order valence-corrected chi connectivity index (χ2v) is 5.94. The number of hydrogen-bond donors (Lipinski definition) is 2. The number of aromatic nitrogens is 3. The lowest BCUT2D eigenvalue weighted by Crippen LogP contribution is -2.39. The van der Waals surface area contributed by atoms with Gasteiger partial charge in [0.15, 0.2) is 0 Å². The number of hydrogen-bond acceptors (Lipinski definition) is 6. The molecule has 0 aliphatic rings. The molecule has 2 N–H and O–H groups in total. The highest BCUT2D eigenvalue weighted by Gasteiger charge is 2.17. The number of methoxy groups -OCH3 is 1. The standard InChI is InChI=1S/C10H19N5O4S/c1-15(7-5-10(16)19-2)20(17,18)13-6-3-4-9-11-8-12-14-9/h8,13H,3-7H2,1-2H3,(H,11,12,14). The van der Waals surface area contributed by atoms with Gasteiger partial charge in [0.05, 0.1) is 13.5 Å². The Labute approximate surface area is 117 Å². The maximum Gasteiger partial charge on any atom is 0.306 e. The van der Waals surface area contributed by atoms with Gasteiger partial charge in [-0.15, -0.1) is 0 Å². The molecule has 0 aliphatic carbocycles. The smallest absolute Gasteiger partial charge is 0.306 e. The quantitative estimate of drug-likeness (QED) is 0.449. The molecule has 1 aromatic rings. The van der Waals surface area contributed by atoms with Crippen LogP contribution in [0.5, 0.6) is 0 Å².